The van der Waals surface area contributed by atoms with Gasteiger partial charge in [-0.15, -0.1) is 0 Å². The third-order valence-corrected chi connectivity index (χ3v) is 3.26. The molecule has 2 heterocycles. The second kappa shape index (κ2) is 16.9. The van der Waals surface area contributed by atoms with Crippen molar-refractivity contribution in [1.29, 1.82) is 5.26 Å². The topological polar surface area (TPSA) is 153 Å². The fourth-order valence-corrected chi connectivity index (χ4v) is 1.81. The zero-order valence-corrected chi connectivity index (χ0v) is 21.9. The first-order valence-corrected chi connectivity index (χ1v) is 7.98. The van der Waals surface area contributed by atoms with Crippen LogP contribution in [0.4, 0.5) is 0 Å². The van der Waals surface area contributed by atoms with Gasteiger partial charge < -0.3 is 19.7 Å². The summed E-state index contributed by atoms with van der Waals surface area (Å²) in [4.78, 5) is 32.2. The molecule has 0 unspecified atom stereocenters. The molecule has 0 N–H and O–H groups in total. The third kappa shape index (κ3) is 10.1. The van der Waals surface area contributed by atoms with Crippen LogP contribution in [0.15, 0.2) is 48.9 Å². The summed E-state index contributed by atoms with van der Waals surface area (Å²) in [6.07, 6.45) is 4.12. The van der Waals surface area contributed by atoms with Crippen molar-refractivity contribution in [2.24, 2.45) is 0 Å². The molecule has 0 spiro atoms. The number of methoxy groups -OCH3 is 2. The molecule has 10 nitrogen and oxygen atoms in total. The number of ether oxygens (including phenoxy) is 2. The number of pyridine rings is 2. The first-order valence-electron chi connectivity index (χ1n) is 7.98. The Labute approximate surface area is 228 Å². The molecule has 2 aromatic rings. The average Bonchev–Trinajstić information content (AvgIpc) is 2.79. The van der Waals surface area contributed by atoms with Crippen molar-refractivity contribution in [2.75, 3.05) is 14.2 Å². The maximum Gasteiger partial charge on any atom is 1.00 e. The van der Waals surface area contributed by atoms with Crippen molar-refractivity contribution in [1.82, 2.24) is 9.97 Å². The van der Waals surface area contributed by atoms with Crippen molar-refractivity contribution in [3.63, 3.8) is 0 Å². The van der Waals surface area contributed by atoms with Crippen LogP contribution in [0.5, 0.6) is 0 Å². The molecule has 0 aromatic carbocycles. The van der Waals surface area contributed by atoms with Crippen molar-refractivity contribution in [3.8, 4) is 6.07 Å². The predicted molar refractivity (Wildman–Crippen MR) is 99.3 cm³/mol. The number of allylic oxidation sites excluding steroid dienone is 1. The van der Waals surface area contributed by atoms with Crippen LogP contribution in [-0.2, 0) is 9.47 Å². The standard InChI is InChI=1S/C11H7N3O2.C9H9NO4.2Na/c1-13-7-11(16)9-3-2-8(6-14-9)10(15)4-5-12;1-13-8(11)6-3-4-7(10-5-6)9(12)14-2;;/h2-4,6-7,15-16H;3-5H,1-2H3;;/q;;2*+1/p-2/b10-4-,11-7-;;;. The van der Waals surface area contributed by atoms with E-state index in [-0.39, 0.29) is 76.1 Å². The number of esters is 2. The SMILES string of the molecule is COC(=O)c1ccc(C(=O)OC)nc1.[C-]#[N+]/C=C(\[O-])c1ccc(/C([O-])=C/C#N)cn1.[Na+].[Na+]. The molecule has 0 amide bonds. The number of nitriles is 1. The van der Waals surface area contributed by atoms with Crippen LogP contribution in [0.1, 0.15) is 32.1 Å². The second-order valence-corrected chi connectivity index (χ2v) is 5.11. The first-order chi connectivity index (χ1) is 14.4. The Kier molecular flexibility index (Phi) is 16.7. The maximum atomic E-state index is 11.2. The maximum absolute atomic E-state index is 11.2. The minimum Gasteiger partial charge on any atom is -0.880 e. The summed E-state index contributed by atoms with van der Waals surface area (Å²) in [5, 5.41) is 30.6. The predicted octanol–water partition coefficient (Wildman–Crippen LogP) is -5.45. The number of aromatic nitrogens is 2. The summed E-state index contributed by atoms with van der Waals surface area (Å²) in [6, 6.07) is 7.18. The minimum atomic E-state index is -0.540. The number of hydrogen-bond acceptors (Lipinski definition) is 9. The van der Waals surface area contributed by atoms with Crippen LogP contribution in [0.3, 0.4) is 0 Å². The number of rotatable bonds is 4. The van der Waals surface area contributed by atoms with E-state index < -0.39 is 23.5 Å². The van der Waals surface area contributed by atoms with E-state index in [2.05, 4.69) is 24.3 Å². The van der Waals surface area contributed by atoms with Gasteiger partial charge in [-0.1, -0.05) is 17.6 Å². The summed E-state index contributed by atoms with van der Waals surface area (Å²) in [5.74, 6) is -2.02. The van der Waals surface area contributed by atoms with E-state index in [4.69, 9.17) is 11.8 Å². The molecule has 152 valence electrons. The van der Waals surface area contributed by atoms with Crippen molar-refractivity contribution >= 4 is 23.5 Å². The third-order valence-electron chi connectivity index (χ3n) is 3.26. The average molecular weight is 452 g/mol. The van der Waals surface area contributed by atoms with Crippen LogP contribution in [0.2, 0.25) is 0 Å². The van der Waals surface area contributed by atoms with E-state index in [9.17, 15) is 19.8 Å². The molecule has 2 aromatic heterocycles. The van der Waals surface area contributed by atoms with E-state index >= 15 is 0 Å². The van der Waals surface area contributed by atoms with Crippen LogP contribution < -0.4 is 69.3 Å². The molecule has 0 fully saturated rings. The molecule has 0 saturated carbocycles. The van der Waals surface area contributed by atoms with Crippen LogP contribution >= 0.6 is 0 Å². The van der Waals surface area contributed by atoms with E-state index in [1.165, 1.54) is 50.9 Å². The Morgan fingerprint density at radius 2 is 1.50 bits per heavy atom. The van der Waals surface area contributed by atoms with Crippen LogP contribution in [-0.4, -0.2) is 36.1 Å². The molecule has 0 saturated heterocycles. The zero-order chi connectivity index (χ0) is 22.5. The van der Waals surface area contributed by atoms with Crippen LogP contribution in [0.25, 0.3) is 16.4 Å². The van der Waals surface area contributed by atoms with Crippen molar-refractivity contribution in [2.45, 2.75) is 0 Å². The number of hydrogen-bond donors (Lipinski definition) is 0. The Morgan fingerprint density at radius 1 is 0.969 bits per heavy atom. The molecule has 0 atom stereocenters. The van der Waals surface area contributed by atoms with E-state index in [0.29, 0.717) is 5.56 Å². The van der Waals surface area contributed by atoms with Crippen molar-refractivity contribution in [3.05, 3.63) is 82.9 Å². The summed E-state index contributed by atoms with van der Waals surface area (Å²) in [5.41, 5.74) is 0.755. The van der Waals surface area contributed by atoms with E-state index in [1.807, 2.05) is 0 Å². The molecular formula is C20H14N4Na2O6. The molecule has 2 rings (SSSR count). The van der Waals surface area contributed by atoms with Crippen molar-refractivity contribution < 1.29 is 88.4 Å². The van der Waals surface area contributed by atoms with Gasteiger partial charge in [0.15, 0.2) is 0 Å². The van der Waals surface area contributed by atoms with Gasteiger partial charge in [0.2, 0.25) is 0 Å². The molecule has 32 heavy (non-hydrogen) atoms. The first kappa shape index (κ1) is 31.5. The summed E-state index contributed by atoms with van der Waals surface area (Å²) < 4.78 is 8.91. The monoisotopic (exact) mass is 452 g/mol. The van der Waals surface area contributed by atoms with Gasteiger partial charge in [0.05, 0.1) is 32.4 Å². The van der Waals surface area contributed by atoms with Gasteiger partial charge in [0.1, 0.15) is 11.9 Å². The van der Waals surface area contributed by atoms with Gasteiger partial charge in [-0.3, -0.25) is 4.98 Å². The molecule has 0 bridgehead atoms. The molecule has 0 aliphatic rings. The van der Waals surface area contributed by atoms with Gasteiger partial charge in [-0.25, -0.2) is 19.4 Å². The van der Waals surface area contributed by atoms with Gasteiger partial charge in [0, 0.05) is 24.2 Å². The quantitative estimate of drug-likeness (QED) is 0.145. The largest absolute Gasteiger partial charge is 1.00 e. The molecule has 0 radical (unpaired) electrons. The Bertz CT molecular complexity index is 956. The zero-order valence-electron chi connectivity index (χ0n) is 17.9. The smallest absolute Gasteiger partial charge is 0.880 e. The van der Waals surface area contributed by atoms with E-state index in [1.54, 1.807) is 6.07 Å². The van der Waals surface area contributed by atoms with Gasteiger partial charge in [0.25, 0.3) is 0 Å². The van der Waals surface area contributed by atoms with Gasteiger partial charge >= 0.3 is 71.1 Å². The normalized spacial score (nSPS) is 9.88. The number of nitrogens with zero attached hydrogens (tertiary/aromatic N) is 4. The Balaban J connectivity index is 0. The Hall–Kier alpha value is -2.70. The minimum absolute atomic E-state index is 0. The fraction of sp³-hybridized carbons (Fsp3) is 0.100. The fourth-order valence-electron chi connectivity index (χ4n) is 1.81. The Morgan fingerprint density at radius 3 is 1.94 bits per heavy atom. The summed E-state index contributed by atoms with van der Waals surface area (Å²) in [7, 11) is 2.54. The molecule has 12 heteroatoms. The van der Waals surface area contributed by atoms with E-state index in [0.717, 1.165) is 12.3 Å². The molecule has 0 aliphatic heterocycles. The molecule has 0 aliphatic carbocycles. The molecular weight excluding hydrogens is 438 g/mol. The number of carbonyl (C=O) groups is 2. The number of carbonyl (C=O) groups excluding carboxylic acids is 2. The van der Waals surface area contributed by atoms with Gasteiger partial charge in [-0.05, 0) is 23.8 Å². The summed E-state index contributed by atoms with van der Waals surface area (Å²) >= 11 is 0. The second-order valence-electron chi connectivity index (χ2n) is 5.11. The van der Waals surface area contributed by atoms with Crippen LogP contribution in [0, 0.1) is 17.9 Å². The van der Waals surface area contributed by atoms with Gasteiger partial charge in [-0.2, -0.15) is 5.26 Å². The summed E-state index contributed by atoms with van der Waals surface area (Å²) in [6.45, 7) is 6.47.